The van der Waals surface area contributed by atoms with Crippen LogP contribution in [0.5, 0.6) is 5.75 Å². The van der Waals surface area contributed by atoms with Crippen LogP contribution in [-0.4, -0.2) is 31.0 Å². The Hall–Kier alpha value is -1.71. The van der Waals surface area contributed by atoms with Crippen molar-refractivity contribution in [2.24, 2.45) is 5.92 Å². The molecule has 0 atom stereocenters. The van der Waals surface area contributed by atoms with Gasteiger partial charge in [-0.15, -0.1) is 0 Å². The number of methoxy groups -OCH3 is 1. The van der Waals surface area contributed by atoms with Gasteiger partial charge in [0.25, 0.3) is 5.91 Å². The predicted molar refractivity (Wildman–Crippen MR) is 102 cm³/mol. The van der Waals surface area contributed by atoms with Gasteiger partial charge in [-0.05, 0) is 42.9 Å². The lowest BCUT2D eigenvalue weighted by Gasteiger charge is -2.32. The van der Waals surface area contributed by atoms with Crippen molar-refractivity contribution in [3.8, 4) is 5.75 Å². The molecule has 1 aliphatic heterocycles. The van der Waals surface area contributed by atoms with Gasteiger partial charge in [0.15, 0.2) is 5.75 Å². The van der Waals surface area contributed by atoms with Gasteiger partial charge < -0.3 is 9.64 Å². The number of halogens is 2. The maximum Gasteiger partial charge on any atom is 0.253 e. The number of piperidine rings is 1. The minimum Gasteiger partial charge on any atom is -0.494 e. The second kappa shape index (κ2) is 8.11. The molecule has 0 saturated carbocycles. The Labute approximate surface area is 158 Å². The minimum atomic E-state index is -0.0235. The van der Waals surface area contributed by atoms with Crippen LogP contribution >= 0.6 is 23.2 Å². The van der Waals surface area contributed by atoms with Crippen LogP contribution in [0.4, 0.5) is 0 Å². The molecule has 0 unspecified atom stereocenters. The maximum absolute atomic E-state index is 12.7. The van der Waals surface area contributed by atoms with Crippen molar-refractivity contribution in [1.82, 2.24) is 4.90 Å². The van der Waals surface area contributed by atoms with Crippen molar-refractivity contribution >= 4 is 29.1 Å². The fraction of sp³-hybridized carbons (Fsp3) is 0.350. The monoisotopic (exact) mass is 377 g/mol. The molecule has 1 saturated heterocycles. The van der Waals surface area contributed by atoms with Crippen LogP contribution in [0.25, 0.3) is 0 Å². The van der Waals surface area contributed by atoms with E-state index in [1.807, 2.05) is 11.0 Å². The number of carbonyl (C=O) groups is 1. The summed E-state index contributed by atoms with van der Waals surface area (Å²) in [4.78, 5) is 14.6. The van der Waals surface area contributed by atoms with Gasteiger partial charge in [0.1, 0.15) is 0 Å². The minimum absolute atomic E-state index is 0.0235. The van der Waals surface area contributed by atoms with Crippen LogP contribution in [0, 0.1) is 5.92 Å². The number of amides is 1. The standard InChI is InChI=1S/C20H21Cl2NO2/c1-25-19-17(21)12-16(13-18(19)22)20(24)23-9-7-15(8-10-23)11-14-5-3-2-4-6-14/h2-6,12-13,15H,7-11H2,1H3. The van der Waals surface area contributed by atoms with E-state index in [4.69, 9.17) is 27.9 Å². The zero-order valence-electron chi connectivity index (χ0n) is 14.2. The van der Waals surface area contributed by atoms with Crippen LogP contribution < -0.4 is 4.74 Å². The van der Waals surface area contributed by atoms with Crippen molar-refractivity contribution < 1.29 is 9.53 Å². The largest absolute Gasteiger partial charge is 0.494 e. The summed E-state index contributed by atoms with van der Waals surface area (Å²) in [6, 6.07) is 13.8. The lowest BCUT2D eigenvalue weighted by molar-refractivity contribution is 0.0690. The summed E-state index contributed by atoms with van der Waals surface area (Å²) in [6.45, 7) is 1.52. The molecule has 2 aromatic carbocycles. The Balaban J connectivity index is 1.62. The van der Waals surface area contributed by atoms with E-state index in [0.717, 1.165) is 32.4 Å². The van der Waals surface area contributed by atoms with E-state index in [2.05, 4.69) is 24.3 Å². The van der Waals surface area contributed by atoms with E-state index in [9.17, 15) is 4.79 Å². The van der Waals surface area contributed by atoms with E-state index < -0.39 is 0 Å². The van der Waals surface area contributed by atoms with E-state index >= 15 is 0 Å². The molecule has 1 aliphatic rings. The Bertz CT molecular complexity index is 718. The van der Waals surface area contributed by atoms with Crippen LogP contribution in [0.2, 0.25) is 10.0 Å². The third-order valence-corrected chi connectivity index (χ3v) is 5.28. The molecule has 0 spiro atoms. The summed E-state index contributed by atoms with van der Waals surface area (Å²) >= 11 is 12.3. The fourth-order valence-electron chi connectivity index (χ4n) is 3.35. The zero-order valence-corrected chi connectivity index (χ0v) is 15.7. The molecule has 1 fully saturated rings. The van der Waals surface area contributed by atoms with Crippen LogP contribution in [0.15, 0.2) is 42.5 Å². The highest BCUT2D eigenvalue weighted by Crippen LogP contribution is 2.34. The molecule has 1 heterocycles. The summed E-state index contributed by atoms with van der Waals surface area (Å²) in [5, 5.41) is 0.717. The first-order chi connectivity index (χ1) is 12.1. The highest BCUT2D eigenvalue weighted by Gasteiger charge is 2.25. The van der Waals surface area contributed by atoms with Crippen molar-refractivity contribution in [1.29, 1.82) is 0 Å². The molecule has 1 amide bonds. The molecule has 5 heteroatoms. The molecule has 0 N–H and O–H groups in total. The highest BCUT2D eigenvalue weighted by atomic mass is 35.5. The van der Waals surface area contributed by atoms with E-state index in [1.54, 1.807) is 12.1 Å². The van der Waals surface area contributed by atoms with Gasteiger partial charge in [0.2, 0.25) is 0 Å². The molecule has 0 radical (unpaired) electrons. The lowest BCUT2D eigenvalue weighted by atomic mass is 9.90. The van der Waals surface area contributed by atoms with Gasteiger partial charge in [0.05, 0.1) is 17.2 Å². The van der Waals surface area contributed by atoms with Gasteiger partial charge in [-0.25, -0.2) is 0 Å². The van der Waals surface area contributed by atoms with Gasteiger partial charge in [-0.3, -0.25) is 4.79 Å². The second-order valence-electron chi connectivity index (χ2n) is 6.40. The van der Waals surface area contributed by atoms with Crippen LogP contribution in [-0.2, 0) is 6.42 Å². The molecule has 0 bridgehead atoms. The van der Waals surface area contributed by atoms with Crippen LogP contribution in [0.1, 0.15) is 28.8 Å². The Morgan fingerprint density at radius 1 is 1.12 bits per heavy atom. The smallest absolute Gasteiger partial charge is 0.253 e. The molecule has 0 aromatic heterocycles. The average Bonchev–Trinajstić information content (AvgIpc) is 2.62. The van der Waals surface area contributed by atoms with Crippen molar-refractivity contribution in [3.05, 3.63) is 63.6 Å². The molecular formula is C20H21Cl2NO2. The van der Waals surface area contributed by atoms with Gasteiger partial charge in [-0.2, -0.15) is 0 Å². The Morgan fingerprint density at radius 3 is 2.28 bits per heavy atom. The number of carbonyl (C=O) groups excluding carboxylic acids is 1. The molecule has 2 aromatic rings. The van der Waals surface area contributed by atoms with E-state index in [0.29, 0.717) is 27.3 Å². The van der Waals surface area contributed by atoms with Crippen molar-refractivity contribution in [2.45, 2.75) is 19.3 Å². The first kappa shape index (κ1) is 18.1. The van der Waals surface area contributed by atoms with E-state index in [-0.39, 0.29) is 5.91 Å². The number of hydrogen-bond donors (Lipinski definition) is 0. The van der Waals surface area contributed by atoms with Gasteiger partial charge >= 0.3 is 0 Å². The third-order valence-electron chi connectivity index (χ3n) is 4.72. The SMILES string of the molecule is COc1c(Cl)cc(C(=O)N2CCC(Cc3ccccc3)CC2)cc1Cl. The number of ether oxygens (including phenoxy) is 1. The number of rotatable bonds is 4. The number of benzene rings is 2. The summed E-state index contributed by atoms with van der Waals surface area (Å²) < 4.78 is 5.14. The zero-order chi connectivity index (χ0) is 17.8. The number of likely N-dealkylation sites (tertiary alicyclic amines) is 1. The van der Waals surface area contributed by atoms with Crippen molar-refractivity contribution in [3.63, 3.8) is 0 Å². The maximum atomic E-state index is 12.7. The third kappa shape index (κ3) is 4.28. The summed E-state index contributed by atoms with van der Waals surface area (Å²) in [5.74, 6) is 1.00. The second-order valence-corrected chi connectivity index (χ2v) is 7.21. The molecule has 0 aliphatic carbocycles. The highest BCUT2D eigenvalue weighted by molar-refractivity contribution is 6.37. The molecule has 132 valence electrons. The van der Waals surface area contributed by atoms with Gasteiger partial charge in [-0.1, -0.05) is 53.5 Å². The Kier molecular flexibility index (Phi) is 5.87. The molecule has 25 heavy (non-hydrogen) atoms. The summed E-state index contributed by atoms with van der Waals surface area (Å²) in [5.41, 5.74) is 1.87. The first-order valence-electron chi connectivity index (χ1n) is 8.44. The first-order valence-corrected chi connectivity index (χ1v) is 9.20. The normalized spacial score (nSPS) is 15.2. The molecule has 3 rings (SSSR count). The number of hydrogen-bond acceptors (Lipinski definition) is 2. The van der Waals surface area contributed by atoms with E-state index in [1.165, 1.54) is 12.7 Å². The van der Waals surface area contributed by atoms with Gasteiger partial charge in [0, 0.05) is 18.7 Å². The van der Waals surface area contributed by atoms with Crippen LogP contribution in [0.3, 0.4) is 0 Å². The molecule has 3 nitrogen and oxygen atoms in total. The predicted octanol–water partition coefficient (Wildman–Crippen LogP) is 5.10. The topological polar surface area (TPSA) is 29.5 Å². The summed E-state index contributed by atoms with van der Waals surface area (Å²) in [6.07, 6.45) is 3.10. The lowest BCUT2D eigenvalue weighted by Crippen LogP contribution is -2.38. The average molecular weight is 378 g/mol. The fourth-order valence-corrected chi connectivity index (χ4v) is 3.99. The van der Waals surface area contributed by atoms with Crippen molar-refractivity contribution in [2.75, 3.05) is 20.2 Å². The quantitative estimate of drug-likeness (QED) is 0.741. The molecular weight excluding hydrogens is 357 g/mol. The Morgan fingerprint density at radius 2 is 1.72 bits per heavy atom. The number of nitrogens with zero attached hydrogens (tertiary/aromatic N) is 1. The summed E-state index contributed by atoms with van der Waals surface area (Å²) in [7, 11) is 1.51.